The molecule has 1 aromatic carbocycles. The van der Waals surface area contributed by atoms with E-state index in [1.54, 1.807) is 12.1 Å². The Bertz CT molecular complexity index is 1020. The second-order valence-electron chi connectivity index (χ2n) is 7.10. The largest absolute Gasteiger partial charge is 0.367 e. The van der Waals surface area contributed by atoms with Gasteiger partial charge in [-0.2, -0.15) is 10.5 Å². The molecule has 0 bridgehead atoms. The van der Waals surface area contributed by atoms with Gasteiger partial charge in [-0.3, -0.25) is 9.63 Å². The van der Waals surface area contributed by atoms with Crippen LogP contribution in [0.5, 0.6) is 0 Å². The van der Waals surface area contributed by atoms with Gasteiger partial charge in [0, 0.05) is 24.4 Å². The number of nitrogens with zero attached hydrogens (tertiary/aromatic N) is 5. The number of hydrogen-bond donors (Lipinski definition) is 1. The standard InChI is InChI=1S/C20H17FN6O2/c21-15-4-12(9-22)3-13(5-15)18-1-2-29-27(18)20(28)14-6-16(7-14)26-19-8-17(10-23)24-11-25-19/h3-5,8,11,14,16,18H,1-2,6-7H2,(H,24,25,26). The Hall–Kier alpha value is -3.56. The van der Waals surface area contributed by atoms with Crippen LogP contribution < -0.4 is 5.32 Å². The zero-order valence-electron chi connectivity index (χ0n) is 15.4. The molecule has 1 saturated carbocycles. The number of nitrogens with one attached hydrogen (secondary N) is 1. The van der Waals surface area contributed by atoms with Gasteiger partial charge in [-0.1, -0.05) is 0 Å². The van der Waals surface area contributed by atoms with Crippen molar-refractivity contribution in [3.8, 4) is 12.1 Å². The Kier molecular flexibility index (Phi) is 5.07. The molecule has 1 amide bonds. The number of amides is 1. The third-order valence-corrected chi connectivity index (χ3v) is 5.18. The number of halogens is 1. The summed E-state index contributed by atoms with van der Waals surface area (Å²) >= 11 is 0. The highest BCUT2D eigenvalue weighted by Gasteiger charge is 2.42. The molecule has 0 spiro atoms. The van der Waals surface area contributed by atoms with Crippen LogP contribution in [0.1, 0.15) is 42.1 Å². The van der Waals surface area contributed by atoms with Crippen LogP contribution in [0.4, 0.5) is 10.2 Å². The second-order valence-corrected chi connectivity index (χ2v) is 7.10. The topological polar surface area (TPSA) is 115 Å². The third-order valence-electron chi connectivity index (χ3n) is 5.18. The minimum Gasteiger partial charge on any atom is -0.367 e. The van der Waals surface area contributed by atoms with E-state index in [-0.39, 0.29) is 29.1 Å². The number of carbonyl (C=O) groups excluding carboxylic acids is 1. The number of hydrogen-bond acceptors (Lipinski definition) is 7. The summed E-state index contributed by atoms with van der Waals surface area (Å²) in [5, 5.41) is 22.5. The maximum atomic E-state index is 13.8. The summed E-state index contributed by atoms with van der Waals surface area (Å²) in [6, 6.07) is 9.21. The first-order chi connectivity index (χ1) is 14.1. The SMILES string of the molecule is N#Cc1cc(F)cc(C2CCON2C(=O)C2CC(Nc3cc(C#N)ncn3)C2)c1. The number of anilines is 1. The number of benzene rings is 1. The van der Waals surface area contributed by atoms with Gasteiger partial charge in [0.15, 0.2) is 0 Å². The predicted molar refractivity (Wildman–Crippen MR) is 98.2 cm³/mol. The molecule has 1 aliphatic heterocycles. The molecule has 1 atom stereocenters. The highest BCUT2D eigenvalue weighted by atomic mass is 19.1. The van der Waals surface area contributed by atoms with E-state index >= 15 is 0 Å². The molecule has 2 heterocycles. The van der Waals surface area contributed by atoms with Crippen molar-refractivity contribution in [2.45, 2.75) is 31.3 Å². The average Bonchev–Trinajstić information content (AvgIpc) is 3.19. The molecule has 1 aromatic heterocycles. The quantitative estimate of drug-likeness (QED) is 0.850. The molecule has 1 N–H and O–H groups in total. The molecule has 1 unspecified atom stereocenters. The number of aromatic nitrogens is 2. The molecule has 2 aromatic rings. The van der Waals surface area contributed by atoms with E-state index in [4.69, 9.17) is 15.4 Å². The molecule has 2 aliphatic rings. The zero-order valence-corrected chi connectivity index (χ0v) is 15.4. The lowest BCUT2D eigenvalue weighted by atomic mass is 9.79. The van der Waals surface area contributed by atoms with Crippen molar-refractivity contribution in [1.29, 1.82) is 10.5 Å². The van der Waals surface area contributed by atoms with Crippen LogP contribution in [0.2, 0.25) is 0 Å². The Morgan fingerprint density at radius 1 is 1.21 bits per heavy atom. The molecular formula is C20H17FN6O2. The maximum absolute atomic E-state index is 13.8. The lowest BCUT2D eigenvalue weighted by molar-refractivity contribution is -0.184. The van der Waals surface area contributed by atoms with Crippen molar-refractivity contribution in [3.63, 3.8) is 0 Å². The van der Waals surface area contributed by atoms with Gasteiger partial charge in [-0.25, -0.2) is 19.4 Å². The van der Waals surface area contributed by atoms with Crippen LogP contribution in [-0.2, 0) is 9.63 Å². The van der Waals surface area contributed by atoms with Crippen LogP contribution in [-0.4, -0.2) is 33.6 Å². The van der Waals surface area contributed by atoms with Gasteiger partial charge in [0.2, 0.25) is 5.91 Å². The fraction of sp³-hybridized carbons (Fsp3) is 0.350. The highest BCUT2D eigenvalue weighted by Crippen LogP contribution is 2.37. The molecule has 1 saturated heterocycles. The van der Waals surface area contributed by atoms with Gasteiger partial charge in [0.05, 0.1) is 24.3 Å². The van der Waals surface area contributed by atoms with Crippen molar-refractivity contribution >= 4 is 11.7 Å². The molecule has 146 valence electrons. The molecule has 8 nitrogen and oxygen atoms in total. The van der Waals surface area contributed by atoms with Crippen molar-refractivity contribution in [2.24, 2.45) is 5.92 Å². The average molecular weight is 392 g/mol. The van der Waals surface area contributed by atoms with E-state index in [1.807, 2.05) is 12.1 Å². The highest BCUT2D eigenvalue weighted by molar-refractivity contribution is 5.80. The van der Waals surface area contributed by atoms with E-state index < -0.39 is 11.9 Å². The number of nitriles is 2. The zero-order chi connectivity index (χ0) is 20.4. The molecule has 0 radical (unpaired) electrons. The summed E-state index contributed by atoms with van der Waals surface area (Å²) in [5.41, 5.74) is 1.05. The summed E-state index contributed by atoms with van der Waals surface area (Å²) in [6.45, 7) is 0.362. The summed E-state index contributed by atoms with van der Waals surface area (Å²) in [4.78, 5) is 26.3. The fourth-order valence-corrected chi connectivity index (χ4v) is 3.68. The minimum absolute atomic E-state index is 0.0609. The van der Waals surface area contributed by atoms with Crippen LogP contribution in [0.25, 0.3) is 0 Å². The van der Waals surface area contributed by atoms with Crippen LogP contribution in [0.15, 0.2) is 30.6 Å². The second kappa shape index (κ2) is 7.82. The maximum Gasteiger partial charge on any atom is 0.249 e. The monoisotopic (exact) mass is 392 g/mol. The van der Waals surface area contributed by atoms with Crippen molar-refractivity contribution < 1.29 is 14.0 Å². The molecular weight excluding hydrogens is 375 g/mol. The molecule has 9 heteroatoms. The van der Waals surface area contributed by atoms with Crippen molar-refractivity contribution in [1.82, 2.24) is 15.0 Å². The Balaban J connectivity index is 1.39. The number of hydroxylamine groups is 2. The fourth-order valence-electron chi connectivity index (χ4n) is 3.68. The normalized spacial score (nSPS) is 23.0. The third kappa shape index (κ3) is 3.86. The summed E-state index contributed by atoms with van der Waals surface area (Å²) in [5.74, 6) is -0.317. The van der Waals surface area contributed by atoms with E-state index in [0.717, 1.165) is 0 Å². The van der Waals surface area contributed by atoms with Crippen molar-refractivity contribution in [3.05, 3.63) is 53.2 Å². The van der Waals surface area contributed by atoms with E-state index in [1.165, 1.54) is 23.5 Å². The van der Waals surface area contributed by atoms with Gasteiger partial charge in [-0.15, -0.1) is 0 Å². The first-order valence-electron chi connectivity index (χ1n) is 9.22. The van der Waals surface area contributed by atoms with Gasteiger partial charge in [0.25, 0.3) is 0 Å². The Labute approximate surface area is 166 Å². The van der Waals surface area contributed by atoms with Crippen LogP contribution in [0.3, 0.4) is 0 Å². The summed E-state index contributed by atoms with van der Waals surface area (Å²) in [7, 11) is 0. The predicted octanol–water partition coefficient (Wildman–Crippen LogP) is 2.45. The first kappa shape index (κ1) is 18.8. The van der Waals surface area contributed by atoms with Crippen molar-refractivity contribution in [2.75, 3.05) is 11.9 Å². The van der Waals surface area contributed by atoms with Gasteiger partial charge in [-0.05, 0) is 36.6 Å². The number of carbonyl (C=O) groups is 1. The van der Waals surface area contributed by atoms with Crippen LogP contribution >= 0.6 is 0 Å². The minimum atomic E-state index is -0.507. The lowest BCUT2D eigenvalue weighted by Crippen LogP contribution is -2.45. The first-order valence-corrected chi connectivity index (χ1v) is 9.22. The van der Waals surface area contributed by atoms with E-state index in [9.17, 15) is 9.18 Å². The molecule has 4 rings (SSSR count). The van der Waals surface area contributed by atoms with Gasteiger partial charge in [0.1, 0.15) is 29.7 Å². The summed E-state index contributed by atoms with van der Waals surface area (Å²) in [6.07, 6.45) is 3.07. The smallest absolute Gasteiger partial charge is 0.249 e. The molecule has 29 heavy (non-hydrogen) atoms. The van der Waals surface area contributed by atoms with Crippen LogP contribution in [0, 0.1) is 34.4 Å². The van der Waals surface area contributed by atoms with Gasteiger partial charge >= 0.3 is 0 Å². The van der Waals surface area contributed by atoms with E-state index in [2.05, 4.69) is 15.3 Å². The van der Waals surface area contributed by atoms with Gasteiger partial charge < -0.3 is 5.32 Å². The molecule has 1 aliphatic carbocycles. The van der Waals surface area contributed by atoms with E-state index in [0.29, 0.717) is 37.3 Å². The number of rotatable bonds is 4. The Morgan fingerprint density at radius 2 is 2.03 bits per heavy atom. The lowest BCUT2D eigenvalue weighted by Gasteiger charge is -2.37. The summed E-state index contributed by atoms with van der Waals surface area (Å²) < 4.78 is 13.8. The Morgan fingerprint density at radius 3 is 2.79 bits per heavy atom. The molecule has 2 fully saturated rings.